The van der Waals surface area contributed by atoms with Gasteiger partial charge in [-0.25, -0.2) is 0 Å². The van der Waals surface area contributed by atoms with E-state index in [1.807, 2.05) is 0 Å². The number of benzene rings is 2. The largest absolute Gasteiger partial charge is 0.301 e. The zero-order valence-electron chi connectivity index (χ0n) is 11.9. The molecule has 0 aliphatic carbocycles. The van der Waals surface area contributed by atoms with Crippen LogP contribution in [0.1, 0.15) is 11.1 Å². The van der Waals surface area contributed by atoms with Crippen molar-refractivity contribution in [1.29, 1.82) is 0 Å². The Morgan fingerprint density at radius 3 is 2.22 bits per heavy atom. The normalized spacial score (nSPS) is 10.7. The highest BCUT2D eigenvalue weighted by Crippen LogP contribution is 2.35. The number of nitrogens with one attached hydrogen (secondary N) is 1. The van der Waals surface area contributed by atoms with E-state index in [-0.39, 0.29) is 5.69 Å². The number of nitrogens with zero attached hydrogens (tertiary/aromatic N) is 3. The summed E-state index contributed by atoms with van der Waals surface area (Å²) in [6.07, 6.45) is 1.33. The van der Waals surface area contributed by atoms with E-state index in [0.717, 1.165) is 0 Å². The van der Waals surface area contributed by atoms with E-state index in [9.17, 15) is 20.2 Å². The number of halogens is 1. The Kier molecular flexibility index (Phi) is 4.87. The quantitative estimate of drug-likeness (QED) is 0.506. The molecule has 0 atom stereocenters. The maximum atomic E-state index is 11.1. The lowest BCUT2D eigenvalue weighted by Gasteiger charge is -2.05. The van der Waals surface area contributed by atoms with Gasteiger partial charge < -0.3 is 0 Å². The number of nitro groups is 2. The lowest BCUT2D eigenvalue weighted by atomic mass is 10.1. The third-order valence-electron chi connectivity index (χ3n) is 2.92. The predicted molar refractivity (Wildman–Crippen MR) is 87.2 cm³/mol. The van der Waals surface area contributed by atoms with Crippen molar-refractivity contribution in [3.05, 3.63) is 72.8 Å². The highest BCUT2D eigenvalue weighted by molar-refractivity contribution is 6.33. The Balaban J connectivity index is 2.40. The van der Waals surface area contributed by atoms with Crippen molar-refractivity contribution >= 4 is 34.9 Å². The maximum absolute atomic E-state index is 11.1. The van der Waals surface area contributed by atoms with Gasteiger partial charge in [0.2, 0.25) is 5.69 Å². The van der Waals surface area contributed by atoms with Gasteiger partial charge in [-0.2, -0.15) is 5.10 Å². The summed E-state index contributed by atoms with van der Waals surface area (Å²) in [5.74, 6) is 0. The van der Waals surface area contributed by atoms with Gasteiger partial charge in [0.1, 0.15) is 0 Å². The topological polar surface area (TPSA) is 111 Å². The molecule has 0 heterocycles. The molecule has 23 heavy (non-hydrogen) atoms. The van der Waals surface area contributed by atoms with Gasteiger partial charge >= 0.3 is 11.4 Å². The number of hydrazone groups is 1. The lowest BCUT2D eigenvalue weighted by molar-refractivity contribution is -0.392. The first-order chi connectivity index (χ1) is 10.9. The zero-order chi connectivity index (χ0) is 17.0. The first-order valence-electron chi connectivity index (χ1n) is 6.37. The molecule has 0 saturated carbocycles. The second kappa shape index (κ2) is 6.84. The summed E-state index contributed by atoms with van der Waals surface area (Å²) < 4.78 is 0. The second-order valence-corrected chi connectivity index (χ2v) is 4.99. The lowest BCUT2D eigenvalue weighted by Crippen LogP contribution is -2.02. The summed E-state index contributed by atoms with van der Waals surface area (Å²) in [7, 11) is 0. The van der Waals surface area contributed by atoms with Gasteiger partial charge in [-0.05, 0) is 18.6 Å². The molecule has 0 spiro atoms. The number of hydrogen-bond acceptors (Lipinski definition) is 6. The summed E-state index contributed by atoms with van der Waals surface area (Å²) in [5.41, 5.74) is 2.22. The van der Waals surface area contributed by atoms with Crippen LogP contribution in [0, 0.1) is 27.2 Å². The summed E-state index contributed by atoms with van der Waals surface area (Å²) in [5, 5.41) is 26.5. The molecule has 2 rings (SSSR count). The van der Waals surface area contributed by atoms with E-state index in [4.69, 9.17) is 11.6 Å². The van der Waals surface area contributed by atoms with Crippen LogP contribution in [0.4, 0.5) is 17.1 Å². The van der Waals surface area contributed by atoms with Gasteiger partial charge in [0.15, 0.2) is 0 Å². The molecule has 0 aromatic heterocycles. The van der Waals surface area contributed by atoms with E-state index in [0.29, 0.717) is 16.1 Å². The fourth-order valence-corrected chi connectivity index (χ4v) is 2.08. The van der Waals surface area contributed by atoms with Gasteiger partial charge in [0.25, 0.3) is 0 Å². The Morgan fingerprint density at radius 2 is 1.70 bits per heavy atom. The van der Waals surface area contributed by atoms with Gasteiger partial charge in [-0.3, -0.25) is 25.7 Å². The van der Waals surface area contributed by atoms with Crippen molar-refractivity contribution < 1.29 is 9.85 Å². The van der Waals surface area contributed by atoms with Crippen LogP contribution in [-0.2, 0) is 0 Å². The Morgan fingerprint density at radius 1 is 1.13 bits per heavy atom. The molecule has 2 aromatic rings. The molecule has 2 aromatic carbocycles. The minimum absolute atomic E-state index is 0.283. The standard InChI is InChI=1S/C14H11ClN4O4/c1-9-6-12(18(20)21)14(13(7-9)19(22)23)17-16-8-10-4-2-3-5-11(10)15/h2-8,17H,1H3. The van der Waals surface area contributed by atoms with Crippen molar-refractivity contribution in [3.63, 3.8) is 0 Å². The van der Waals surface area contributed by atoms with Crippen LogP contribution < -0.4 is 5.43 Å². The molecule has 0 bridgehead atoms. The molecule has 0 saturated heterocycles. The molecule has 0 unspecified atom stereocenters. The first kappa shape index (κ1) is 16.4. The molecule has 0 fully saturated rings. The maximum Gasteiger partial charge on any atom is 0.301 e. The van der Waals surface area contributed by atoms with Gasteiger partial charge in [-0.1, -0.05) is 29.8 Å². The van der Waals surface area contributed by atoms with E-state index < -0.39 is 21.2 Å². The summed E-state index contributed by atoms with van der Waals surface area (Å²) in [4.78, 5) is 20.8. The Labute approximate surface area is 135 Å². The average Bonchev–Trinajstić information content (AvgIpc) is 2.49. The van der Waals surface area contributed by atoms with Gasteiger partial charge in [0, 0.05) is 22.7 Å². The summed E-state index contributed by atoms with van der Waals surface area (Å²) in [6.45, 7) is 1.54. The predicted octanol–water partition coefficient (Wildman–Crippen LogP) is 3.91. The van der Waals surface area contributed by atoms with E-state index in [1.165, 1.54) is 25.3 Å². The molecule has 0 aliphatic rings. The number of rotatable bonds is 5. The molecule has 0 amide bonds. The number of aryl methyl sites for hydroxylation is 1. The fourth-order valence-electron chi connectivity index (χ4n) is 1.90. The van der Waals surface area contributed by atoms with Crippen LogP contribution in [0.2, 0.25) is 5.02 Å². The van der Waals surface area contributed by atoms with Gasteiger partial charge in [-0.15, -0.1) is 0 Å². The summed E-state index contributed by atoms with van der Waals surface area (Å²) in [6, 6.07) is 9.29. The van der Waals surface area contributed by atoms with Crippen LogP contribution in [0.15, 0.2) is 41.5 Å². The third-order valence-corrected chi connectivity index (χ3v) is 3.26. The van der Waals surface area contributed by atoms with Crippen LogP contribution in [-0.4, -0.2) is 16.1 Å². The molecular formula is C14H11ClN4O4. The van der Waals surface area contributed by atoms with Crippen LogP contribution in [0.3, 0.4) is 0 Å². The van der Waals surface area contributed by atoms with Crippen LogP contribution >= 0.6 is 11.6 Å². The SMILES string of the molecule is Cc1cc([N+](=O)[O-])c(NN=Cc2ccccc2Cl)c([N+](=O)[O-])c1. The molecule has 118 valence electrons. The highest BCUT2D eigenvalue weighted by atomic mass is 35.5. The second-order valence-electron chi connectivity index (χ2n) is 4.58. The fraction of sp³-hybridized carbons (Fsp3) is 0.0714. The van der Waals surface area contributed by atoms with Gasteiger partial charge in [0.05, 0.1) is 16.1 Å². The third kappa shape index (κ3) is 3.80. The Bertz CT molecular complexity index is 772. The van der Waals surface area contributed by atoms with E-state index in [2.05, 4.69) is 10.5 Å². The van der Waals surface area contributed by atoms with Crippen LogP contribution in [0.5, 0.6) is 0 Å². The van der Waals surface area contributed by atoms with Crippen molar-refractivity contribution in [2.24, 2.45) is 5.10 Å². The minimum Gasteiger partial charge on any atom is -0.266 e. The first-order valence-corrected chi connectivity index (χ1v) is 6.75. The Hall–Kier alpha value is -3.00. The van der Waals surface area contributed by atoms with E-state index >= 15 is 0 Å². The molecule has 0 radical (unpaired) electrons. The smallest absolute Gasteiger partial charge is 0.266 e. The number of nitro benzene ring substituents is 2. The molecular weight excluding hydrogens is 324 g/mol. The number of hydrogen-bond donors (Lipinski definition) is 1. The van der Waals surface area contributed by atoms with Crippen molar-refractivity contribution in [2.45, 2.75) is 6.92 Å². The minimum atomic E-state index is -0.701. The molecule has 1 N–H and O–H groups in total. The monoisotopic (exact) mass is 334 g/mol. The summed E-state index contributed by atoms with van der Waals surface area (Å²) >= 11 is 5.95. The number of anilines is 1. The van der Waals surface area contributed by atoms with Crippen molar-refractivity contribution in [3.8, 4) is 0 Å². The van der Waals surface area contributed by atoms with E-state index in [1.54, 1.807) is 24.3 Å². The average molecular weight is 335 g/mol. The molecule has 8 nitrogen and oxygen atoms in total. The molecule has 0 aliphatic heterocycles. The van der Waals surface area contributed by atoms with Crippen molar-refractivity contribution in [2.75, 3.05) is 5.43 Å². The zero-order valence-corrected chi connectivity index (χ0v) is 12.6. The molecule has 9 heteroatoms. The van der Waals surface area contributed by atoms with Crippen LogP contribution in [0.25, 0.3) is 0 Å². The van der Waals surface area contributed by atoms with Crippen molar-refractivity contribution in [1.82, 2.24) is 0 Å². The highest BCUT2D eigenvalue weighted by Gasteiger charge is 2.25.